The first kappa shape index (κ1) is 11.8. The topological polar surface area (TPSA) is 68.3 Å². The van der Waals surface area contributed by atoms with Gasteiger partial charge in [-0.2, -0.15) is 0 Å². The van der Waals surface area contributed by atoms with E-state index in [9.17, 15) is 0 Å². The Hall–Kier alpha value is -0.320. The minimum absolute atomic E-state index is 0.204. The van der Waals surface area contributed by atoms with Crippen molar-refractivity contribution in [3.05, 3.63) is 0 Å². The van der Waals surface area contributed by atoms with E-state index in [0.717, 1.165) is 12.8 Å². The van der Waals surface area contributed by atoms with Crippen molar-refractivity contribution in [1.29, 1.82) is 5.41 Å². The number of halogens is 1. The van der Waals surface area contributed by atoms with E-state index in [4.69, 9.17) is 32.2 Å². The highest BCUT2D eigenvalue weighted by molar-refractivity contribution is 6.17. The number of ether oxygens (including phenoxy) is 2. The van der Waals surface area contributed by atoms with Gasteiger partial charge >= 0.3 is 0 Å². The highest BCUT2D eigenvalue weighted by Crippen LogP contribution is 2.30. The molecule has 3 N–H and O–H groups in total. The third-order valence-corrected chi connectivity index (χ3v) is 2.78. The standard InChI is InChI=1S/C9H17ClN2O2/c10-3-6-14-7-9(8(11)12)1-4-13-5-2-9/h1-7H2,(H3,11,12). The predicted molar refractivity (Wildman–Crippen MR) is 55.9 cm³/mol. The van der Waals surface area contributed by atoms with E-state index >= 15 is 0 Å². The number of hydrogen-bond donors (Lipinski definition) is 2. The van der Waals surface area contributed by atoms with Crippen LogP contribution in [0.15, 0.2) is 0 Å². The van der Waals surface area contributed by atoms with Gasteiger partial charge < -0.3 is 15.2 Å². The maximum atomic E-state index is 7.58. The lowest BCUT2D eigenvalue weighted by Crippen LogP contribution is -2.44. The van der Waals surface area contributed by atoms with Gasteiger partial charge in [-0.25, -0.2) is 0 Å². The fourth-order valence-electron chi connectivity index (χ4n) is 1.58. The molecule has 0 spiro atoms. The van der Waals surface area contributed by atoms with E-state index in [1.165, 1.54) is 0 Å². The first-order valence-corrected chi connectivity index (χ1v) is 5.31. The largest absolute Gasteiger partial charge is 0.387 e. The molecule has 0 aromatic rings. The monoisotopic (exact) mass is 220 g/mol. The van der Waals surface area contributed by atoms with Crippen molar-refractivity contribution in [3.8, 4) is 0 Å². The summed E-state index contributed by atoms with van der Waals surface area (Å²) in [5.41, 5.74) is 5.28. The summed E-state index contributed by atoms with van der Waals surface area (Å²) in [6.45, 7) is 2.31. The molecule has 0 aliphatic carbocycles. The molecule has 1 aliphatic rings. The van der Waals surface area contributed by atoms with Gasteiger partial charge in [-0.15, -0.1) is 11.6 Å². The molecule has 4 nitrogen and oxygen atoms in total. The summed E-state index contributed by atoms with van der Waals surface area (Å²) in [7, 11) is 0. The van der Waals surface area contributed by atoms with Gasteiger partial charge in [0.1, 0.15) is 0 Å². The van der Waals surface area contributed by atoms with Crippen LogP contribution in [0.2, 0.25) is 0 Å². The number of amidine groups is 1. The number of nitrogens with two attached hydrogens (primary N) is 1. The number of nitrogens with one attached hydrogen (secondary N) is 1. The van der Waals surface area contributed by atoms with Crippen LogP contribution in [0.1, 0.15) is 12.8 Å². The first-order valence-electron chi connectivity index (χ1n) is 4.77. The second-order valence-corrected chi connectivity index (χ2v) is 3.93. The molecular weight excluding hydrogens is 204 g/mol. The van der Waals surface area contributed by atoms with Crippen molar-refractivity contribution in [2.24, 2.45) is 11.1 Å². The molecule has 0 unspecified atom stereocenters. The summed E-state index contributed by atoms with van der Waals surface area (Å²) in [6, 6.07) is 0. The van der Waals surface area contributed by atoms with E-state index in [-0.39, 0.29) is 11.3 Å². The third-order valence-electron chi connectivity index (χ3n) is 2.62. The molecule has 0 amide bonds. The minimum atomic E-state index is -0.315. The number of alkyl halides is 1. The fraction of sp³-hybridized carbons (Fsp3) is 0.889. The normalized spacial score (nSPS) is 20.6. The highest BCUT2D eigenvalue weighted by Gasteiger charge is 2.36. The van der Waals surface area contributed by atoms with Crippen molar-refractivity contribution < 1.29 is 9.47 Å². The molecule has 1 fully saturated rings. The van der Waals surface area contributed by atoms with Gasteiger partial charge in [-0.05, 0) is 12.8 Å². The molecule has 14 heavy (non-hydrogen) atoms. The average molecular weight is 221 g/mol. The van der Waals surface area contributed by atoms with Crippen molar-refractivity contribution in [2.75, 3.05) is 32.3 Å². The zero-order chi connectivity index (χ0) is 10.4. The molecule has 0 radical (unpaired) electrons. The first-order chi connectivity index (χ1) is 6.71. The Kier molecular flexibility index (Phi) is 4.65. The molecule has 82 valence electrons. The maximum Gasteiger partial charge on any atom is 0.0993 e. The van der Waals surface area contributed by atoms with E-state index in [1.54, 1.807) is 0 Å². The zero-order valence-corrected chi connectivity index (χ0v) is 8.98. The third kappa shape index (κ3) is 2.83. The number of rotatable bonds is 5. The molecule has 1 rings (SSSR count). The van der Waals surface area contributed by atoms with Gasteiger partial charge in [0.15, 0.2) is 0 Å². The van der Waals surface area contributed by atoms with Crippen LogP contribution in [0.4, 0.5) is 0 Å². The molecule has 1 aliphatic heterocycles. The van der Waals surface area contributed by atoms with Crippen LogP contribution in [-0.4, -0.2) is 38.1 Å². The van der Waals surface area contributed by atoms with Crippen LogP contribution in [0.25, 0.3) is 0 Å². The molecular formula is C9H17ClN2O2. The Balaban J connectivity index is 2.47. The minimum Gasteiger partial charge on any atom is -0.387 e. The van der Waals surface area contributed by atoms with Crippen LogP contribution >= 0.6 is 11.6 Å². The van der Waals surface area contributed by atoms with Gasteiger partial charge in [-0.1, -0.05) is 0 Å². The lowest BCUT2D eigenvalue weighted by Gasteiger charge is -2.35. The van der Waals surface area contributed by atoms with E-state index in [0.29, 0.717) is 32.3 Å². The van der Waals surface area contributed by atoms with Crippen molar-refractivity contribution in [2.45, 2.75) is 12.8 Å². The van der Waals surface area contributed by atoms with Crippen molar-refractivity contribution in [1.82, 2.24) is 0 Å². The van der Waals surface area contributed by atoms with Gasteiger partial charge in [0, 0.05) is 19.1 Å². The van der Waals surface area contributed by atoms with Crippen LogP contribution < -0.4 is 5.73 Å². The van der Waals surface area contributed by atoms with E-state index in [1.807, 2.05) is 0 Å². The molecule has 1 heterocycles. The van der Waals surface area contributed by atoms with Crippen LogP contribution in [0, 0.1) is 10.8 Å². The van der Waals surface area contributed by atoms with Crippen LogP contribution in [0.3, 0.4) is 0 Å². The molecule has 0 aromatic heterocycles. The second-order valence-electron chi connectivity index (χ2n) is 3.55. The average Bonchev–Trinajstić information content (AvgIpc) is 2.19. The van der Waals surface area contributed by atoms with Gasteiger partial charge in [0.05, 0.1) is 24.5 Å². The summed E-state index contributed by atoms with van der Waals surface area (Å²) >= 11 is 5.51. The van der Waals surface area contributed by atoms with Crippen molar-refractivity contribution in [3.63, 3.8) is 0 Å². The predicted octanol–water partition coefficient (Wildman–Crippen LogP) is 0.975. The van der Waals surface area contributed by atoms with E-state index < -0.39 is 0 Å². The van der Waals surface area contributed by atoms with Gasteiger partial charge in [-0.3, -0.25) is 5.41 Å². The lowest BCUT2D eigenvalue weighted by molar-refractivity contribution is -0.00292. The Morgan fingerprint density at radius 3 is 2.64 bits per heavy atom. The Bertz CT molecular complexity index is 193. The second kappa shape index (κ2) is 5.53. The molecule has 0 atom stereocenters. The van der Waals surface area contributed by atoms with Crippen LogP contribution in [0.5, 0.6) is 0 Å². The van der Waals surface area contributed by atoms with Gasteiger partial charge in [0.2, 0.25) is 0 Å². The quantitative estimate of drug-likeness (QED) is 0.314. The Labute approximate surface area is 89.2 Å². The summed E-state index contributed by atoms with van der Waals surface area (Å²) in [6.07, 6.45) is 1.54. The maximum absolute atomic E-state index is 7.58. The Morgan fingerprint density at radius 2 is 2.14 bits per heavy atom. The molecule has 5 heteroatoms. The summed E-state index contributed by atoms with van der Waals surface area (Å²) < 4.78 is 10.6. The lowest BCUT2D eigenvalue weighted by atomic mass is 9.80. The summed E-state index contributed by atoms with van der Waals surface area (Å²) in [4.78, 5) is 0. The Morgan fingerprint density at radius 1 is 1.50 bits per heavy atom. The van der Waals surface area contributed by atoms with Crippen molar-refractivity contribution >= 4 is 17.4 Å². The smallest absolute Gasteiger partial charge is 0.0993 e. The number of hydrogen-bond acceptors (Lipinski definition) is 3. The molecule has 0 saturated carbocycles. The SMILES string of the molecule is N=C(N)C1(COCCCl)CCOCC1. The summed E-state index contributed by atoms with van der Waals surface area (Å²) in [5.74, 6) is 0.681. The fourth-order valence-corrected chi connectivity index (χ4v) is 1.68. The van der Waals surface area contributed by atoms with Gasteiger partial charge in [0.25, 0.3) is 0 Å². The van der Waals surface area contributed by atoms with E-state index in [2.05, 4.69) is 0 Å². The summed E-state index contributed by atoms with van der Waals surface area (Å²) in [5, 5.41) is 7.58. The molecule has 1 saturated heterocycles. The molecule has 0 aromatic carbocycles. The van der Waals surface area contributed by atoms with Crippen LogP contribution in [-0.2, 0) is 9.47 Å². The zero-order valence-electron chi connectivity index (χ0n) is 8.22. The molecule has 0 bridgehead atoms. The highest BCUT2D eigenvalue weighted by atomic mass is 35.5.